The van der Waals surface area contributed by atoms with Crippen LogP contribution in [0.25, 0.3) is 0 Å². The van der Waals surface area contributed by atoms with E-state index in [-0.39, 0.29) is 17.5 Å². The molecule has 1 aliphatic rings. The minimum atomic E-state index is -3.58. The predicted molar refractivity (Wildman–Crippen MR) is 99.7 cm³/mol. The van der Waals surface area contributed by atoms with Crippen LogP contribution in [0.15, 0.2) is 41.8 Å². The number of rotatable bonds is 7. The van der Waals surface area contributed by atoms with Crippen LogP contribution in [0.2, 0.25) is 0 Å². The Kier molecular flexibility index (Phi) is 6.12. The van der Waals surface area contributed by atoms with E-state index in [9.17, 15) is 13.2 Å². The van der Waals surface area contributed by atoms with Gasteiger partial charge in [-0.3, -0.25) is 4.79 Å². The predicted octanol–water partition coefficient (Wildman–Crippen LogP) is 1.38. The lowest BCUT2D eigenvalue weighted by Gasteiger charge is -2.24. The fraction of sp³-hybridized carbons (Fsp3) is 0.444. The fourth-order valence-electron chi connectivity index (χ4n) is 3.00. The molecule has 0 unspecified atom stereocenters. The highest BCUT2D eigenvalue weighted by Crippen LogP contribution is 2.19. The first-order valence-electron chi connectivity index (χ1n) is 8.90. The monoisotopic (exact) mass is 392 g/mol. The summed E-state index contributed by atoms with van der Waals surface area (Å²) in [6.07, 6.45) is 5.57. The molecule has 146 valence electrons. The molecule has 0 bridgehead atoms. The van der Waals surface area contributed by atoms with E-state index >= 15 is 0 Å². The van der Waals surface area contributed by atoms with Gasteiger partial charge in [-0.05, 0) is 30.5 Å². The molecule has 0 spiro atoms. The quantitative estimate of drug-likeness (QED) is 0.768. The van der Waals surface area contributed by atoms with E-state index in [2.05, 4.69) is 10.3 Å². The Hall–Kier alpha value is -2.39. The molecular formula is C18H24N4O4S. The van der Waals surface area contributed by atoms with Crippen LogP contribution in [0.3, 0.4) is 0 Å². The van der Waals surface area contributed by atoms with Crippen LogP contribution in [0.1, 0.15) is 24.8 Å². The molecule has 8 nitrogen and oxygen atoms in total. The topological polar surface area (TPSA) is 93.5 Å². The van der Waals surface area contributed by atoms with Gasteiger partial charge in [0.1, 0.15) is 12.3 Å². The zero-order chi connectivity index (χ0) is 19.3. The number of aromatic nitrogens is 2. The van der Waals surface area contributed by atoms with E-state index in [0.29, 0.717) is 19.6 Å². The number of ether oxygens (including phenoxy) is 1. The summed E-state index contributed by atoms with van der Waals surface area (Å²) in [6.45, 7) is 1.42. The van der Waals surface area contributed by atoms with Gasteiger partial charge in [0.05, 0.1) is 13.4 Å². The van der Waals surface area contributed by atoms with Crippen LogP contribution in [0.4, 0.5) is 0 Å². The van der Waals surface area contributed by atoms with Crippen molar-refractivity contribution in [3.05, 3.63) is 42.4 Å². The highest BCUT2D eigenvalue weighted by Gasteiger charge is 2.28. The number of carbonyl (C=O) groups excluding carboxylic acids is 1. The second-order valence-corrected chi connectivity index (χ2v) is 8.36. The van der Waals surface area contributed by atoms with Crippen LogP contribution in [0, 0.1) is 0 Å². The summed E-state index contributed by atoms with van der Waals surface area (Å²) in [7, 11) is -1.99. The van der Waals surface area contributed by atoms with E-state index in [4.69, 9.17) is 4.74 Å². The van der Waals surface area contributed by atoms with Crippen molar-refractivity contribution < 1.29 is 17.9 Å². The van der Waals surface area contributed by atoms with Gasteiger partial charge < -0.3 is 14.6 Å². The second-order valence-electron chi connectivity index (χ2n) is 6.48. The molecule has 0 atom stereocenters. The van der Waals surface area contributed by atoms with E-state index in [1.165, 1.54) is 21.4 Å². The molecule has 2 aromatic rings. The number of piperidine rings is 1. The molecule has 2 heterocycles. The van der Waals surface area contributed by atoms with E-state index in [1.54, 1.807) is 7.11 Å². The first kappa shape index (κ1) is 19.4. The largest absolute Gasteiger partial charge is 0.497 e. The molecule has 1 amide bonds. The normalized spacial score (nSPS) is 15.4. The Balaban J connectivity index is 1.57. The number of hydrogen-bond acceptors (Lipinski definition) is 5. The van der Waals surface area contributed by atoms with Crippen molar-refractivity contribution in [2.24, 2.45) is 0 Å². The van der Waals surface area contributed by atoms with Crippen molar-refractivity contribution >= 4 is 15.9 Å². The van der Waals surface area contributed by atoms with Crippen LogP contribution in [-0.4, -0.2) is 48.4 Å². The summed E-state index contributed by atoms with van der Waals surface area (Å²) >= 11 is 0. The van der Waals surface area contributed by atoms with Gasteiger partial charge in [0.25, 0.3) is 10.0 Å². The summed E-state index contributed by atoms with van der Waals surface area (Å²) in [5.74, 6) is 0.501. The van der Waals surface area contributed by atoms with E-state index in [0.717, 1.165) is 30.6 Å². The third kappa shape index (κ3) is 4.86. The summed E-state index contributed by atoms with van der Waals surface area (Å²) in [4.78, 5) is 16.1. The van der Waals surface area contributed by atoms with Gasteiger partial charge in [-0.2, -0.15) is 4.31 Å². The maximum atomic E-state index is 12.6. The minimum Gasteiger partial charge on any atom is -0.497 e. The van der Waals surface area contributed by atoms with Gasteiger partial charge in [-0.25, -0.2) is 13.4 Å². The number of sulfonamides is 1. The molecule has 1 aromatic carbocycles. The lowest BCUT2D eigenvalue weighted by atomic mass is 10.2. The molecule has 3 rings (SSSR count). The Morgan fingerprint density at radius 3 is 2.78 bits per heavy atom. The number of hydrogen-bond donors (Lipinski definition) is 1. The highest BCUT2D eigenvalue weighted by molar-refractivity contribution is 7.89. The number of amides is 1. The summed E-state index contributed by atoms with van der Waals surface area (Å²) in [5.41, 5.74) is 0.918. The lowest BCUT2D eigenvalue weighted by molar-refractivity contribution is -0.121. The van der Waals surface area contributed by atoms with Crippen LogP contribution in [-0.2, 0) is 27.9 Å². The molecule has 0 radical (unpaired) electrons. The van der Waals surface area contributed by atoms with Gasteiger partial charge >= 0.3 is 0 Å². The second kappa shape index (κ2) is 8.53. The minimum absolute atomic E-state index is 0.00644. The van der Waals surface area contributed by atoms with Gasteiger partial charge in [0, 0.05) is 25.8 Å². The maximum Gasteiger partial charge on any atom is 0.262 e. The number of nitrogens with zero attached hydrogens (tertiary/aromatic N) is 3. The Morgan fingerprint density at radius 2 is 2.04 bits per heavy atom. The number of imidazole rings is 1. The Bertz CT molecular complexity index is 888. The molecule has 1 fully saturated rings. The van der Waals surface area contributed by atoms with E-state index in [1.807, 2.05) is 24.3 Å². The van der Waals surface area contributed by atoms with Gasteiger partial charge in [-0.1, -0.05) is 18.6 Å². The average molecular weight is 392 g/mol. The molecule has 9 heteroatoms. The molecular weight excluding hydrogens is 368 g/mol. The molecule has 1 saturated heterocycles. The molecule has 0 saturated carbocycles. The summed E-state index contributed by atoms with van der Waals surface area (Å²) in [5, 5.41) is 2.80. The summed E-state index contributed by atoms with van der Waals surface area (Å²) < 4.78 is 33.3. The molecule has 1 aromatic heterocycles. The Morgan fingerprint density at radius 1 is 1.26 bits per heavy atom. The van der Waals surface area contributed by atoms with Gasteiger partial charge in [0.15, 0.2) is 5.03 Å². The van der Waals surface area contributed by atoms with Crippen molar-refractivity contribution in [3.8, 4) is 5.75 Å². The average Bonchev–Trinajstić information content (AvgIpc) is 3.16. The zero-order valence-electron chi connectivity index (χ0n) is 15.3. The first-order chi connectivity index (χ1) is 13.0. The smallest absolute Gasteiger partial charge is 0.262 e. The standard InChI is InChI=1S/C18H24N4O4S/c1-26-16-7-5-6-15(10-16)11-19-17(23)12-21-13-18(20-14-21)27(24,25)22-8-3-2-4-9-22/h5-7,10,13-14H,2-4,8-9,11-12H2,1H3,(H,19,23). The van der Waals surface area contributed by atoms with Gasteiger partial charge in [0.2, 0.25) is 5.91 Å². The molecule has 27 heavy (non-hydrogen) atoms. The zero-order valence-corrected chi connectivity index (χ0v) is 16.1. The number of methoxy groups -OCH3 is 1. The number of carbonyl (C=O) groups is 1. The summed E-state index contributed by atoms with van der Waals surface area (Å²) in [6, 6.07) is 7.43. The number of benzene rings is 1. The fourth-order valence-corrected chi connectivity index (χ4v) is 4.45. The molecule has 0 aliphatic carbocycles. The number of nitrogens with one attached hydrogen (secondary N) is 1. The van der Waals surface area contributed by atoms with Crippen LogP contribution in [0.5, 0.6) is 5.75 Å². The molecule has 1 N–H and O–H groups in total. The van der Waals surface area contributed by atoms with Crippen molar-refractivity contribution in [3.63, 3.8) is 0 Å². The van der Waals surface area contributed by atoms with E-state index < -0.39 is 10.0 Å². The highest BCUT2D eigenvalue weighted by atomic mass is 32.2. The third-order valence-corrected chi connectivity index (χ3v) is 6.26. The van der Waals surface area contributed by atoms with Crippen molar-refractivity contribution in [1.29, 1.82) is 0 Å². The van der Waals surface area contributed by atoms with Crippen LogP contribution >= 0.6 is 0 Å². The Labute approximate surface area is 159 Å². The first-order valence-corrected chi connectivity index (χ1v) is 10.3. The lowest BCUT2D eigenvalue weighted by Crippen LogP contribution is -2.35. The SMILES string of the molecule is COc1cccc(CNC(=O)Cn2cnc(S(=O)(=O)N3CCCCC3)c2)c1. The van der Waals surface area contributed by atoms with Crippen LogP contribution < -0.4 is 10.1 Å². The van der Waals surface area contributed by atoms with Crippen molar-refractivity contribution in [1.82, 2.24) is 19.2 Å². The maximum absolute atomic E-state index is 12.6. The van der Waals surface area contributed by atoms with Crippen molar-refractivity contribution in [2.75, 3.05) is 20.2 Å². The molecule has 1 aliphatic heterocycles. The van der Waals surface area contributed by atoms with Gasteiger partial charge in [-0.15, -0.1) is 0 Å². The third-order valence-electron chi connectivity index (χ3n) is 4.48. The van der Waals surface area contributed by atoms with Crippen molar-refractivity contribution in [2.45, 2.75) is 37.4 Å².